The minimum atomic E-state index is -0.440. The van der Waals surface area contributed by atoms with E-state index in [1.165, 1.54) is 17.4 Å². The molecule has 0 atom stereocenters. The third-order valence-corrected chi connectivity index (χ3v) is 4.53. The summed E-state index contributed by atoms with van der Waals surface area (Å²) in [5, 5.41) is 23.6. The number of para-hydroxylation sites is 1. The van der Waals surface area contributed by atoms with Crippen LogP contribution in [0.3, 0.4) is 0 Å². The summed E-state index contributed by atoms with van der Waals surface area (Å²) in [6, 6.07) is 9.97. The van der Waals surface area contributed by atoms with Crippen molar-refractivity contribution in [2.24, 2.45) is 0 Å². The Labute approximate surface area is 139 Å². The molecule has 0 saturated heterocycles. The molecule has 3 aromatic rings. The Morgan fingerprint density at radius 1 is 1.21 bits per heavy atom. The van der Waals surface area contributed by atoms with E-state index in [4.69, 9.17) is 0 Å². The number of amides is 1. The fraction of sp³-hybridized carbons (Fsp3) is 0. The van der Waals surface area contributed by atoms with Crippen molar-refractivity contribution in [3.63, 3.8) is 0 Å². The minimum Gasteiger partial charge on any atom is -0.313 e. The van der Waals surface area contributed by atoms with Crippen molar-refractivity contribution < 1.29 is 9.72 Å². The number of nitro benzene ring substituents is 1. The molecular formula is C16H10N4O3S. The summed E-state index contributed by atoms with van der Waals surface area (Å²) in [6.45, 7) is 0. The van der Waals surface area contributed by atoms with Crippen LogP contribution in [0.2, 0.25) is 0 Å². The van der Waals surface area contributed by atoms with Crippen LogP contribution >= 0.6 is 11.3 Å². The van der Waals surface area contributed by atoms with Gasteiger partial charge in [-0.25, -0.2) is 0 Å². The van der Waals surface area contributed by atoms with Gasteiger partial charge in [-0.05, 0) is 29.7 Å². The monoisotopic (exact) mass is 338 g/mol. The van der Waals surface area contributed by atoms with E-state index >= 15 is 0 Å². The quantitative estimate of drug-likeness (QED) is 0.433. The molecule has 1 aromatic carbocycles. The van der Waals surface area contributed by atoms with Crippen molar-refractivity contribution in [2.75, 3.05) is 5.32 Å². The number of nitrogens with zero attached hydrogens (tertiary/aromatic N) is 2. The molecule has 3 heterocycles. The number of aromatic amines is 1. The van der Waals surface area contributed by atoms with Gasteiger partial charge in [0.1, 0.15) is 5.00 Å². The Morgan fingerprint density at radius 2 is 2.04 bits per heavy atom. The zero-order valence-electron chi connectivity index (χ0n) is 12.1. The van der Waals surface area contributed by atoms with Gasteiger partial charge in [-0.3, -0.25) is 20.0 Å². The van der Waals surface area contributed by atoms with Crippen LogP contribution in [0.4, 0.5) is 10.7 Å². The van der Waals surface area contributed by atoms with Crippen LogP contribution < -0.4 is 5.32 Å². The molecule has 2 aromatic heterocycles. The Kier molecular flexibility index (Phi) is 3.24. The fourth-order valence-electron chi connectivity index (χ4n) is 2.61. The Balaban J connectivity index is 1.74. The van der Waals surface area contributed by atoms with Gasteiger partial charge in [0.15, 0.2) is 0 Å². The normalized spacial score (nSPS) is 14.7. The molecule has 1 aliphatic rings. The highest BCUT2D eigenvalue weighted by atomic mass is 32.1. The smallest absolute Gasteiger partial charge is 0.278 e. The zero-order valence-corrected chi connectivity index (χ0v) is 13.0. The lowest BCUT2D eigenvalue weighted by molar-refractivity contribution is -0.384. The first-order valence-electron chi connectivity index (χ1n) is 7.03. The number of carbonyl (C=O) groups excluding carboxylic acids is 1. The number of thiophene rings is 1. The second-order valence-electron chi connectivity index (χ2n) is 5.16. The molecule has 1 aliphatic heterocycles. The topological polar surface area (TPSA) is 101 Å². The minimum absolute atomic E-state index is 0.0121. The molecule has 4 rings (SSSR count). The maximum absolute atomic E-state index is 12.0. The van der Waals surface area contributed by atoms with Gasteiger partial charge in [0.25, 0.3) is 11.6 Å². The number of nitrogens with one attached hydrogen (secondary N) is 2. The average molecular weight is 338 g/mol. The third kappa shape index (κ3) is 2.29. The summed E-state index contributed by atoms with van der Waals surface area (Å²) in [7, 11) is 0. The molecule has 2 N–H and O–H groups in total. The second-order valence-corrected chi connectivity index (χ2v) is 6.07. The molecule has 0 fully saturated rings. The second kappa shape index (κ2) is 5.43. The van der Waals surface area contributed by atoms with Crippen molar-refractivity contribution in [1.82, 2.24) is 10.2 Å². The highest BCUT2D eigenvalue weighted by Crippen LogP contribution is 2.37. The van der Waals surface area contributed by atoms with Gasteiger partial charge in [0.05, 0.1) is 27.4 Å². The maximum Gasteiger partial charge on any atom is 0.278 e. The number of nitro groups is 1. The average Bonchev–Trinajstić information content (AvgIpc) is 3.26. The van der Waals surface area contributed by atoms with E-state index in [2.05, 4.69) is 15.5 Å². The van der Waals surface area contributed by atoms with Gasteiger partial charge in [-0.1, -0.05) is 12.1 Å². The number of benzene rings is 1. The Hall–Kier alpha value is -3.26. The van der Waals surface area contributed by atoms with Gasteiger partial charge in [0, 0.05) is 11.6 Å². The summed E-state index contributed by atoms with van der Waals surface area (Å²) < 4.78 is 0. The first kappa shape index (κ1) is 14.3. The van der Waals surface area contributed by atoms with Crippen molar-refractivity contribution in [3.05, 3.63) is 63.1 Å². The number of hydrogen-bond acceptors (Lipinski definition) is 5. The lowest BCUT2D eigenvalue weighted by atomic mass is 10.1. The van der Waals surface area contributed by atoms with Crippen LogP contribution in [0.1, 0.15) is 11.3 Å². The van der Waals surface area contributed by atoms with E-state index in [1.807, 2.05) is 11.4 Å². The summed E-state index contributed by atoms with van der Waals surface area (Å²) in [5.74, 6) is -0.168. The SMILES string of the molecule is O=C1Nc2sccc2/C1=C/c1cc(-c2ccccc2[N+](=O)[O-])n[nH]1. The van der Waals surface area contributed by atoms with E-state index in [9.17, 15) is 14.9 Å². The number of rotatable bonds is 3. The first-order valence-corrected chi connectivity index (χ1v) is 7.91. The van der Waals surface area contributed by atoms with Gasteiger partial charge in [0.2, 0.25) is 0 Å². The predicted molar refractivity (Wildman–Crippen MR) is 91.5 cm³/mol. The summed E-state index contributed by atoms with van der Waals surface area (Å²) in [6.07, 6.45) is 1.69. The summed E-state index contributed by atoms with van der Waals surface area (Å²) >= 11 is 1.46. The fourth-order valence-corrected chi connectivity index (χ4v) is 3.40. The largest absolute Gasteiger partial charge is 0.313 e. The summed E-state index contributed by atoms with van der Waals surface area (Å²) in [5.41, 5.74) is 2.87. The zero-order chi connectivity index (χ0) is 16.7. The van der Waals surface area contributed by atoms with Crippen LogP contribution in [-0.4, -0.2) is 21.0 Å². The van der Waals surface area contributed by atoms with Crippen molar-refractivity contribution >= 4 is 39.6 Å². The number of anilines is 1. The molecule has 0 spiro atoms. The predicted octanol–water partition coefficient (Wildman–Crippen LogP) is 3.54. The lowest BCUT2D eigenvalue weighted by Gasteiger charge is -1.97. The third-order valence-electron chi connectivity index (χ3n) is 3.70. The Morgan fingerprint density at radius 3 is 2.88 bits per heavy atom. The number of carbonyl (C=O) groups is 1. The van der Waals surface area contributed by atoms with Crippen LogP contribution in [0.15, 0.2) is 41.8 Å². The van der Waals surface area contributed by atoms with E-state index in [0.717, 1.165) is 10.6 Å². The van der Waals surface area contributed by atoms with Crippen molar-refractivity contribution in [1.29, 1.82) is 0 Å². The molecule has 24 heavy (non-hydrogen) atoms. The van der Waals surface area contributed by atoms with Crippen molar-refractivity contribution in [2.45, 2.75) is 0 Å². The van der Waals surface area contributed by atoms with Crippen LogP contribution in [0.25, 0.3) is 22.9 Å². The van der Waals surface area contributed by atoms with Crippen LogP contribution in [-0.2, 0) is 4.79 Å². The summed E-state index contributed by atoms with van der Waals surface area (Å²) in [4.78, 5) is 22.7. The number of aromatic nitrogens is 2. The van der Waals surface area contributed by atoms with Gasteiger partial charge >= 0.3 is 0 Å². The molecule has 0 aliphatic carbocycles. The number of fused-ring (bicyclic) bond motifs is 1. The highest BCUT2D eigenvalue weighted by Gasteiger charge is 2.25. The molecule has 0 radical (unpaired) electrons. The van der Waals surface area contributed by atoms with Crippen LogP contribution in [0.5, 0.6) is 0 Å². The van der Waals surface area contributed by atoms with E-state index < -0.39 is 4.92 Å². The van der Waals surface area contributed by atoms with Crippen molar-refractivity contribution in [3.8, 4) is 11.3 Å². The molecule has 0 bridgehead atoms. The highest BCUT2D eigenvalue weighted by molar-refractivity contribution is 7.15. The molecule has 0 unspecified atom stereocenters. The Bertz CT molecular complexity index is 1000. The molecule has 118 valence electrons. The first-order chi connectivity index (χ1) is 11.6. The standard InChI is InChI=1S/C16H10N4O3S/c21-15-12(10-5-6-24-16(10)17-15)7-9-8-13(19-18-9)11-3-1-2-4-14(11)20(22)23/h1-8H,(H,17,21)(H,18,19)/b12-7-. The number of hydrogen-bond donors (Lipinski definition) is 2. The van der Waals surface area contributed by atoms with Gasteiger partial charge in [-0.2, -0.15) is 5.10 Å². The maximum atomic E-state index is 12.0. The van der Waals surface area contributed by atoms with Gasteiger partial charge in [-0.15, -0.1) is 11.3 Å². The molecule has 7 nitrogen and oxygen atoms in total. The molecule has 0 saturated carbocycles. The molecular weight excluding hydrogens is 328 g/mol. The van der Waals surface area contributed by atoms with Gasteiger partial charge < -0.3 is 5.32 Å². The van der Waals surface area contributed by atoms with E-state index in [1.54, 1.807) is 30.3 Å². The van der Waals surface area contributed by atoms with E-state index in [0.29, 0.717) is 22.5 Å². The molecule has 1 amide bonds. The lowest BCUT2D eigenvalue weighted by Crippen LogP contribution is -2.03. The van der Waals surface area contributed by atoms with E-state index in [-0.39, 0.29) is 11.6 Å². The molecule has 8 heteroatoms. The number of H-pyrrole nitrogens is 1. The van der Waals surface area contributed by atoms with Crippen LogP contribution in [0, 0.1) is 10.1 Å².